The van der Waals surface area contributed by atoms with Crippen molar-refractivity contribution in [3.8, 4) is 0 Å². The van der Waals surface area contributed by atoms with E-state index in [1.807, 2.05) is 39.8 Å². The highest BCUT2D eigenvalue weighted by Gasteiger charge is 2.23. The van der Waals surface area contributed by atoms with Gasteiger partial charge in [-0.25, -0.2) is 9.78 Å². The Bertz CT molecular complexity index is 1170. The molecule has 1 amide bonds. The van der Waals surface area contributed by atoms with Crippen LogP contribution in [-0.4, -0.2) is 32.4 Å². The van der Waals surface area contributed by atoms with E-state index in [4.69, 9.17) is 4.42 Å². The van der Waals surface area contributed by atoms with E-state index in [-0.39, 0.29) is 35.0 Å². The van der Waals surface area contributed by atoms with Crippen LogP contribution in [0.1, 0.15) is 60.7 Å². The molecule has 0 saturated carbocycles. The number of hydrogen-bond acceptors (Lipinski definition) is 5. The lowest BCUT2D eigenvalue weighted by molar-refractivity contribution is 0.0776. The summed E-state index contributed by atoms with van der Waals surface area (Å²) in [5.74, 6) is 1.10. The quantitative estimate of drug-likeness (QED) is 0.688. The molecule has 0 atom stereocenters. The van der Waals surface area contributed by atoms with Crippen molar-refractivity contribution in [2.75, 3.05) is 7.05 Å². The van der Waals surface area contributed by atoms with E-state index >= 15 is 0 Å². The third-order valence-corrected chi connectivity index (χ3v) is 4.77. The van der Waals surface area contributed by atoms with E-state index in [0.29, 0.717) is 24.4 Å². The van der Waals surface area contributed by atoms with Crippen molar-refractivity contribution < 1.29 is 9.21 Å². The van der Waals surface area contributed by atoms with E-state index in [0.717, 1.165) is 5.76 Å². The lowest BCUT2D eigenvalue weighted by Gasteiger charge is -2.19. The first-order chi connectivity index (χ1) is 13.7. The molecule has 0 aliphatic carbocycles. The van der Waals surface area contributed by atoms with Crippen molar-refractivity contribution in [1.29, 1.82) is 0 Å². The van der Waals surface area contributed by atoms with E-state index in [1.165, 1.54) is 9.47 Å². The number of aromatic amines is 1. The van der Waals surface area contributed by atoms with Crippen molar-refractivity contribution >= 4 is 16.9 Å². The Morgan fingerprint density at radius 3 is 2.62 bits per heavy atom. The first-order valence-electron chi connectivity index (χ1n) is 9.71. The maximum Gasteiger partial charge on any atom is 0.329 e. The molecule has 0 saturated heterocycles. The van der Waals surface area contributed by atoms with Crippen LogP contribution in [0.15, 0.2) is 32.2 Å². The summed E-state index contributed by atoms with van der Waals surface area (Å²) in [6.45, 7) is 8.33. The summed E-state index contributed by atoms with van der Waals surface area (Å²) in [5, 5.41) is 0.134. The molecule has 0 aliphatic rings. The van der Waals surface area contributed by atoms with E-state index in [9.17, 15) is 14.4 Å². The number of pyridine rings is 1. The van der Waals surface area contributed by atoms with Crippen LogP contribution < -0.4 is 11.2 Å². The molecular weight excluding hydrogens is 372 g/mol. The van der Waals surface area contributed by atoms with Gasteiger partial charge in [0.15, 0.2) is 5.65 Å². The van der Waals surface area contributed by atoms with Crippen LogP contribution in [0.2, 0.25) is 0 Å². The number of furan rings is 1. The number of H-pyrrole nitrogens is 1. The van der Waals surface area contributed by atoms with Gasteiger partial charge in [-0.2, -0.15) is 0 Å². The highest BCUT2D eigenvalue weighted by atomic mass is 16.3. The number of hydrogen-bond donors (Lipinski definition) is 1. The molecule has 8 nitrogen and oxygen atoms in total. The van der Waals surface area contributed by atoms with E-state index in [2.05, 4.69) is 9.97 Å². The van der Waals surface area contributed by atoms with Gasteiger partial charge in [0.1, 0.15) is 11.5 Å². The second-order valence-electron chi connectivity index (χ2n) is 7.53. The fraction of sp³-hybridized carbons (Fsp3) is 0.429. The Kier molecular flexibility index (Phi) is 5.72. The Balaban J connectivity index is 2.19. The smallest absolute Gasteiger partial charge is 0.329 e. The number of fused-ring (bicyclic) bond motifs is 1. The molecule has 0 radical (unpaired) electrons. The van der Waals surface area contributed by atoms with Crippen LogP contribution in [0.5, 0.6) is 0 Å². The maximum absolute atomic E-state index is 13.3. The van der Waals surface area contributed by atoms with Crippen LogP contribution in [0, 0.1) is 6.92 Å². The second-order valence-corrected chi connectivity index (χ2v) is 7.53. The second kappa shape index (κ2) is 8.06. The number of nitrogens with one attached hydrogen (secondary N) is 1. The molecule has 0 aromatic carbocycles. The van der Waals surface area contributed by atoms with Gasteiger partial charge < -0.3 is 9.32 Å². The lowest BCUT2D eigenvalue weighted by Crippen LogP contribution is -2.34. The van der Waals surface area contributed by atoms with Gasteiger partial charge in [-0.3, -0.25) is 19.1 Å². The van der Waals surface area contributed by atoms with Crippen molar-refractivity contribution in [1.82, 2.24) is 19.4 Å². The fourth-order valence-electron chi connectivity index (χ4n) is 3.27. The van der Waals surface area contributed by atoms with Crippen LogP contribution in [0.4, 0.5) is 0 Å². The van der Waals surface area contributed by atoms with Crippen molar-refractivity contribution in [3.63, 3.8) is 0 Å². The molecule has 0 unspecified atom stereocenters. The van der Waals surface area contributed by atoms with Gasteiger partial charge in [0.05, 0.1) is 17.5 Å². The summed E-state index contributed by atoms with van der Waals surface area (Å²) in [6.07, 6.45) is 0.690. The fourth-order valence-corrected chi connectivity index (χ4v) is 3.27. The number of aromatic nitrogens is 3. The molecule has 0 spiro atoms. The zero-order valence-electron chi connectivity index (χ0n) is 17.4. The minimum atomic E-state index is -0.606. The number of aryl methyl sites for hydroxylation is 2. The number of rotatable bonds is 6. The van der Waals surface area contributed by atoms with Crippen LogP contribution in [0.25, 0.3) is 11.0 Å². The standard InChI is InChI=1S/C21H26N4O4/c1-6-9-25-18-17(19(26)23-21(25)28)15(10-16(22-18)12(2)3)20(27)24(5)11-14-8-7-13(4)29-14/h7-8,10,12H,6,9,11H2,1-5H3,(H,23,26,28). The lowest BCUT2D eigenvalue weighted by atomic mass is 10.0. The van der Waals surface area contributed by atoms with Crippen molar-refractivity contribution in [2.24, 2.45) is 0 Å². The summed E-state index contributed by atoms with van der Waals surface area (Å²) >= 11 is 0. The zero-order chi connectivity index (χ0) is 21.3. The SMILES string of the molecule is CCCn1c(=O)[nH]c(=O)c2c(C(=O)N(C)Cc3ccc(C)o3)cc(C(C)C)nc21. The molecule has 3 rings (SSSR count). The number of amides is 1. The Labute approximate surface area is 168 Å². The predicted molar refractivity (Wildman–Crippen MR) is 110 cm³/mol. The maximum atomic E-state index is 13.3. The van der Waals surface area contributed by atoms with Gasteiger partial charge >= 0.3 is 5.69 Å². The molecule has 8 heteroatoms. The predicted octanol–water partition coefficient (Wildman–Crippen LogP) is 2.79. The summed E-state index contributed by atoms with van der Waals surface area (Å²) in [5.41, 5.74) is 0.00671. The van der Waals surface area contributed by atoms with Gasteiger partial charge in [0.25, 0.3) is 11.5 Å². The van der Waals surface area contributed by atoms with Crippen molar-refractivity contribution in [2.45, 2.75) is 53.1 Å². The van der Waals surface area contributed by atoms with Gasteiger partial charge in [-0.15, -0.1) is 0 Å². The third-order valence-electron chi connectivity index (χ3n) is 4.77. The van der Waals surface area contributed by atoms with E-state index < -0.39 is 11.2 Å². The van der Waals surface area contributed by atoms with Crippen LogP contribution in [0.3, 0.4) is 0 Å². The molecule has 1 N–H and O–H groups in total. The summed E-state index contributed by atoms with van der Waals surface area (Å²) < 4.78 is 6.99. The Morgan fingerprint density at radius 2 is 2.03 bits per heavy atom. The van der Waals surface area contributed by atoms with Gasteiger partial charge in [0.2, 0.25) is 0 Å². The number of carbonyl (C=O) groups excluding carboxylic acids is 1. The van der Waals surface area contributed by atoms with Crippen molar-refractivity contribution in [3.05, 3.63) is 61.8 Å². The first kappa shape index (κ1) is 20.6. The minimum absolute atomic E-state index is 0.0217. The molecule has 154 valence electrons. The van der Waals surface area contributed by atoms with Gasteiger partial charge in [-0.05, 0) is 37.5 Å². The average Bonchev–Trinajstić information content (AvgIpc) is 3.07. The topological polar surface area (TPSA) is 101 Å². The molecule has 0 fully saturated rings. The molecule has 0 bridgehead atoms. The Hall–Kier alpha value is -3.16. The molecule has 3 heterocycles. The zero-order valence-corrected chi connectivity index (χ0v) is 17.4. The number of nitrogens with zero attached hydrogens (tertiary/aromatic N) is 3. The van der Waals surface area contributed by atoms with Crippen LogP contribution in [-0.2, 0) is 13.1 Å². The Morgan fingerprint density at radius 1 is 1.31 bits per heavy atom. The number of carbonyl (C=O) groups is 1. The minimum Gasteiger partial charge on any atom is -0.464 e. The largest absolute Gasteiger partial charge is 0.464 e. The molecule has 0 aliphatic heterocycles. The summed E-state index contributed by atoms with van der Waals surface area (Å²) in [6, 6.07) is 5.30. The molecular formula is C21H26N4O4. The molecule has 29 heavy (non-hydrogen) atoms. The third kappa shape index (κ3) is 4.01. The first-order valence-corrected chi connectivity index (χ1v) is 9.71. The average molecular weight is 398 g/mol. The molecule has 3 aromatic rings. The van der Waals surface area contributed by atoms with Gasteiger partial charge in [-0.1, -0.05) is 20.8 Å². The normalized spacial score (nSPS) is 11.4. The highest BCUT2D eigenvalue weighted by molar-refractivity contribution is 6.05. The van der Waals surface area contributed by atoms with Gasteiger partial charge in [0, 0.05) is 19.3 Å². The molecule has 3 aromatic heterocycles. The summed E-state index contributed by atoms with van der Waals surface area (Å²) in [7, 11) is 1.65. The van der Waals surface area contributed by atoms with E-state index in [1.54, 1.807) is 13.1 Å². The highest BCUT2D eigenvalue weighted by Crippen LogP contribution is 2.21. The van der Waals surface area contributed by atoms with Crippen LogP contribution >= 0.6 is 0 Å². The summed E-state index contributed by atoms with van der Waals surface area (Å²) in [4.78, 5) is 46.6. The monoisotopic (exact) mass is 398 g/mol.